The number of alkyl halides is 4. The lowest BCUT2D eigenvalue weighted by Crippen LogP contribution is -2.48. The lowest BCUT2D eigenvalue weighted by molar-refractivity contribution is -0.138. The van der Waals surface area contributed by atoms with Crippen molar-refractivity contribution in [2.75, 3.05) is 0 Å². The fourth-order valence-corrected chi connectivity index (χ4v) is 5.53. The molecular formula is C21H23F4N3O3S. The molecule has 2 aromatic rings. The summed E-state index contributed by atoms with van der Waals surface area (Å²) in [5, 5.41) is 2.34. The zero-order valence-electron chi connectivity index (χ0n) is 17.6. The second kappa shape index (κ2) is 8.78. The molecule has 1 fully saturated rings. The Morgan fingerprint density at radius 3 is 2.44 bits per heavy atom. The fourth-order valence-electron chi connectivity index (χ4n) is 3.72. The molecule has 32 heavy (non-hydrogen) atoms. The van der Waals surface area contributed by atoms with E-state index in [0.29, 0.717) is 11.9 Å². The molecule has 1 N–H and O–H groups in total. The highest BCUT2D eigenvalue weighted by Crippen LogP contribution is 2.34. The van der Waals surface area contributed by atoms with Gasteiger partial charge in [-0.3, -0.25) is 9.78 Å². The van der Waals surface area contributed by atoms with Crippen LogP contribution in [0.5, 0.6) is 0 Å². The van der Waals surface area contributed by atoms with Crippen molar-refractivity contribution in [1.29, 1.82) is 0 Å². The Bertz CT molecular complexity index is 1100. The van der Waals surface area contributed by atoms with Crippen LogP contribution < -0.4 is 5.32 Å². The average molecular weight is 473 g/mol. The van der Waals surface area contributed by atoms with Gasteiger partial charge in [-0.1, -0.05) is 17.7 Å². The van der Waals surface area contributed by atoms with E-state index in [1.165, 1.54) is 32.0 Å². The minimum absolute atomic E-state index is 0.0917. The van der Waals surface area contributed by atoms with Crippen LogP contribution >= 0.6 is 0 Å². The van der Waals surface area contributed by atoms with Gasteiger partial charge >= 0.3 is 6.18 Å². The van der Waals surface area contributed by atoms with Gasteiger partial charge in [0, 0.05) is 24.9 Å². The predicted molar refractivity (Wildman–Crippen MR) is 109 cm³/mol. The maximum absolute atomic E-state index is 14.5. The molecule has 1 amide bonds. The van der Waals surface area contributed by atoms with Gasteiger partial charge in [-0.25, -0.2) is 12.8 Å². The van der Waals surface area contributed by atoms with Gasteiger partial charge in [0.15, 0.2) is 0 Å². The normalized spacial score (nSPS) is 22.2. The van der Waals surface area contributed by atoms with Gasteiger partial charge in [0.25, 0.3) is 0 Å². The molecule has 11 heteroatoms. The third-order valence-electron chi connectivity index (χ3n) is 5.46. The Kier molecular flexibility index (Phi) is 6.62. The topological polar surface area (TPSA) is 79.4 Å². The van der Waals surface area contributed by atoms with E-state index in [2.05, 4.69) is 10.3 Å². The van der Waals surface area contributed by atoms with Crippen molar-refractivity contribution >= 4 is 15.9 Å². The Morgan fingerprint density at radius 2 is 1.84 bits per heavy atom. The van der Waals surface area contributed by atoms with Crippen molar-refractivity contribution in [2.45, 2.75) is 63.1 Å². The highest BCUT2D eigenvalue weighted by molar-refractivity contribution is 7.89. The van der Waals surface area contributed by atoms with Gasteiger partial charge < -0.3 is 5.32 Å². The number of sulfonamides is 1. The standard InChI is InChI=1S/C21H23F4N3O3S/c1-12-4-6-16(7-5-12)32(30,31)28-14(3)18(22)9-19(28)20(29)27-10-15-8-13(2)26-11-17(15)21(23,24)25/h4-8,11,14,18-19H,9-10H2,1-3H3,(H,27,29). The monoisotopic (exact) mass is 473 g/mol. The number of benzene rings is 1. The van der Waals surface area contributed by atoms with Crippen LogP contribution in [0, 0.1) is 13.8 Å². The second-order valence-corrected chi connectivity index (χ2v) is 9.70. The summed E-state index contributed by atoms with van der Waals surface area (Å²) in [4.78, 5) is 16.4. The molecule has 0 aliphatic carbocycles. The highest BCUT2D eigenvalue weighted by atomic mass is 32.2. The molecule has 0 radical (unpaired) electrons. The van der Waals surface area contributed by atoms with E-state index in [-0.39, 0.29) is 16.9 Å². The summed E-state index contributed by atoms with van der Waals surface area (Å²) >= 11 is 0. The van der Waals surface area contributed by atoms with Crippen LogP contribution in [0.2, 0.25) is 0 Å². The summed E-state index contributed by atoms with van der Waals surface area (Å²) in [6, 6.07) is 4.61. The summed E-state index contributed by atoms with van der Waals surface area (Å²) in [6.07, 6.45) is -5.98. The number of nitrogens with one attached hydrogen (secondary N) is 1. The van der Waals surface area contributed by atoms with Gasteiger partial charge in [-0.2, -0.15) is 17.5 Å². The van der Waals surface area contributed by atoms with Crippen molar-refractivity contribution in [1.82, 2.24) is 14.6 Å². The summed E-state index contributed by atoms with van der Waals surface area (Å²) in [5.41, 5.74) is -0.0712. The zero-order valence-corrected chi connectivity index (χ0v) is 18.5. The van der Waals surface area contributed by atoms with Crippen LogP contribution in [0.3, 0.4) is 0 Å². The van der Waals surface area contributed by atoms with Crippen molar-refractivity contribution in [3.8, 4) is 0 Å². The fraction of sp³-hybridized carbons (Fsp3) is 0.429. The zero-order chi connectivity index (χ0) is 23.8. The van der Waals surface area contributed by atoms with Crippen LogP contribution in [0.25, 0.3) is 0 Å². The second-order valence-electron chi connectivity index (χ2n) is 7.85. The van der Waals surface area contributed by atoms with Gasteiger partial charge in [0.05, 0.1) is 16.5 Å². The molecule has 3 rings (SSSR count). The Labute approximate surface area is 183 Å². The van der Waals surface area contributed by atoms with Gasteiger partial charge in [-0.15, -0.1) is 0 Å². The third kappa shape index (κ3) is 4.78. The van der Waals surface area contributed by atoms with Crippen LogP contribution in [0.15, 0.2) is 41.4 Å². The molecule has 1 saturated heterocycles. The van der Waals surface area contributed by atoms with Crippen molar-refractivity contribution in [2.24, 2.45) is 0 Å². The van der Waals surface area contributed by atoms with E-state index in [1.54, 1.807) is 19.1 Å². The molecule has 1 aromatic heterocycles. The van der Waals surface area contributed by atoms with E-state index in [0.717, 1.165) is 9.87 Å². The van der Waals surface area contributed by atoms with Gasteiger partial charge in [0.2, 0.25) is 15.9 Å². The number of aromatic nitrogens is 1. The lowest BCUT2D eigenvalue weighted by Gasteiger charge is -2.27. The molecule has 0 bridgehead atoms. The Hall–Kier alpha value is -2.53. The molecular weight excluding hydrogens is 450 g/mol. The maximum atomic E-state index is 14.5. The van der Waals surface area contributed by atoms with Gasteiger partial charge in [0.1, 0.15) is 12.2 Å². The summed E-state index contributed by atoms with van der Waals surface area (Å²) in [6.45, 7) is 4.14. The van der Waals surface area contributed by atoms with Crippen LogP contribution in [-0.4, -0.2) is 41.9 Å². The molecule has 3 atom stereocenters. The van der Waals surface area contributed by atoms with Crippen LogP contribution in [0.4, 0.5) is 17.6 Å². The molecule has 174 valence electrons. The molecule has 2 heterocycles. The quantitative estimate of drug-likeness (QED) is 0.674. The van der Waals surface area contributed by atoms with Crippen molar-refractivity contribution in [3.63, 3.8) is 0 Å². The Morgan fingerprint density at radius 1 is 1.22 bits per heavy atom. The van der Waals surface area contributed by atoms with Gasteiger partial charge in [-0.05, 0) is 44.5 Å². The smallest absolute Gasteiger partial charge is 0.351 e. The molecule has 0 saturated carbocycles. The third-order valence-corrected chi connectivity index (χ3v) is 7.47. The first-order valence-corrected chi connectivity index (χ1v) is 11.3. The van der Waals surface area contributed by atoms with E-state index >= 15 is 0 Å². The Balaban J connectivity index is 1.86. The van der Waals surface area contributed by atoms with Crippen LogP contribution in [0.1, 0.15) is 35.7 Å². The lowest BCUT2D eigenvalue weighted by atomic mass is 10.1. The van der Waals surface area contributed by atoms with Crippen molar-refractivity contribution < 1.29 is 30.8 Å². The maximum Gasteiger partial charge on any atom is 0.418 e. The number of carbonyl (C=O) groups is 1. The number of hydrogen-bond donors (Lipinski definition) is 1. The average Bonchev–Trinajstić information content (AvgIpc) is 3.01. The summed E-state index contributed by atoms with van der Waals surface area (Å²) in [5.74, 6) is -0.865. The molecule has 6 nitrogen and oxygen atoms in total. The number of aryl methyl sites for hydroxylation is 2. The molecule has 1 aliphatic rings. The number of rotatable bonds is 5. The first kappa shape index (κ1) is 24.1. The first-order chi connectivity index (χ1) is 14.8. The summed E-state index contributed by atoms with van der Waals surface area (Å²) < 4.78 is 81.3. The van der Waals surface area contributed by atoms with E-state index in [4.69, 9.17) is 0 Å². The minimum atomic E-state index is -4.67. The number of hydrogen-bond acceptors (Lipinski definition) is 4. The number of carbonyl (C=O) groups excluding carboxylic acids is 1. The largest absolute Gasteiger partial charge is 0.418 e. The molecule has 1 aromatic carbocycles. The van der Waals surface area contributed by atoms with E-state index in [9.17, 15) is 30.8 Å². The molecule has 1 aliphatic heterocycles. The highest BCUT2D eigenvalue weighted by Gasteiger charge is 2.49. The van der Waals surface area contributed by atoms with E-state index < -0.39 is 52.5 Å². The molecule has 3 unspecified atom stereocenters. The first-order valence-electron chi connectivity index (χ1n) is 9.87. The SMILES string of the molecule is Cc1ccc(S(=O)(=O)N2C(C(=O)NCc3cc(C)ncc3C(F)(F)F)CC(F)C2C)cc1. The molecule has 0 spiro atoms. The minimum Gasteiger partial charge on any atom is -0.351 e. The predicted octanol–water partition coefficient (Wildman–Crippen LogP) is 3.52. The number of pyridine rings is 1. The summed E-state index contributed by atoms with van der Waals surface area (Å²) in [7, 11) is -4.21. The number of nitrogens with zero attached hydrogens (tertiary/aromatic N) is 2. The van der Waals surface area contributed by atoms with E-state index in [1.807, 2.05) is 0 Å². The van der Waals surface area contributed by atoms with Crippen molar-refractivity contribution in [3.05, 3.63) is 58.9 Å². The number of amides is 1. The van der Waals surface area contributed by atoms with Crippen LogP contribution in [-0.2, 0) is 27.5 Å². The number of halogens is 4.